The molecule has 0 N–H and O–H groups in total. The summed E-state index contributed by atoms with van der Waals surface area (Å²) in [6, 6.07) is 12.0. The number of likely N-dealkylation sites (tertiary alicyclic amines) is 1. The second-order valence-electron chi connectivity index (χ2n) is 8.41. The van der Waals surface area contributed by atoms with Gasteiger partial charge >= 0.3 is 0 Å². The Morgan fingerprint density at radius 1 is 1.16 bits per heavy atom. The summed E-state index contributed by atoms with van der Waals surface area (Å²) in [5, 5.41) is 7.24. The highest BCUT2D eigenvalue weighted by molar-refractivity contribution is 9.10. The van der Waals surface area contributed by atoms with Crippen LogP contribution in [0.2, 0.25) is 0 Å². The van der Waals surface area contributed by atoms with Crippen LogP contribution < -0.4 is 14.2 Å². The summed E-state index contributed by atoms with van der Waals surface area (Å²) in [6.07, 6.45) is 2.15. The van der Waals surface area contributed by atoms with Gasteiger partial charge in [-0.15, -0.1) is 0 Å². The molecule has 1 spiro atoms. The molecule has 2 aromatic rings. The van der Waals surface area contributed by atoms with Gasteiger partial charge in [-0.2, -0.15) is 5.10 Å². The van der Waals surface area contributed by atoms with Crippen molar-refractivity contribution in [2.24, 2.45) is 5.10 Å². The molecule has 1 atom stereocenters. The first-order valence-electron chi connectivity index (χ1n) is 10.8. The summed E-state index contributed by atoms with van der Waals surface area (Å²) in [6.45, 7) is 2.93. The summed E-state index contributed by atoms with van der Waals surface area (Å²) < 4.78 is 18.7. The number of rotatable bonds is 3. The fourth-order valence-corrected chi connectivity index (χ4v) is 5.33. The third kappa shape index (κ3) is 3.41. The van der Waals surface area contributed by atoms with E-state index in [1.54, 1.807) is 21.1 Å². The van der Waals surface area contributed by atoms with Crippen molar-refractivity contribution >= 4 is 27.5 Å². The Morgan fingerprint density at radius 3 is 2.62 bits per heavy atom. The molecule has 0 bridgehead atoms. The predicted molar refractivity (Wildman–Crippen MR) is 124 cm³/mol. The van der Waals surface area contributed by atoms with E-state index >= 15 is 0 Å². The topological polar surface area (TPSA) is 63.6 Å². The minimum atomic E-state index is -0.571. The molecule has 1 fully saturated rings. The van der Waals surface area contributed by atoms with Gasteiger partial charge in [-0.05, 0) is 30.3 Å². The Labute approximate surface area is 196 Å². The predicted octanol–water partition coefficient (Wildman–Crippen LogP) is 4.35. The van der Waals surface area contributed by atoms with Crippen molar-refractivity contribution in [2.45, 2.75) is 38.0 Å². The monoisotopic (exact) mass is 499 g/mol. The molecule has 3 aliphatic rings. The maximum absolute atomic E-state index is 11.9. The van der Waals surface area contributed by atoms with E-state index in [1.165, 1.54) is 0 Å². The summed E-state index contributed by atoms with van der Waals surface area (Å²) in [7, 11) is 3.31. The Bertz CT molecular complexity index is 1090. The van der Waals surface area contributed by atoms with Gasteiger partial charge in [0.15, 0.2) is 0 Å². The van der Waals surface area contributed by atoms with Crippen molar-refractivity contribution in [1.82, 2.24) is 9.91 Å². The summed E-state index contributed by atoms with van der Waals surface area (Å²) in [5.74, 6) is 2.47. The van der Waals surface area contributed by atoms with Crippen molar-refractivity contribution in [2.75, 3.05) is 27.3 Å². The molecule has 0 radical (unpaired) electrons. The first-order valence-corrected chi connectivity index (χ1v) is 11.6. The first kappa shape index (κ1) is 21.1. The van der Waals surface area contributed by atoms with E-state index in [4.69, 9.17) is 19.3 Å². The lowest BCUT2D eigenvalue weighted by atomic mass is 9.90. The molecule has 0 aliphatic carbocycles. The summed E-state index contributed by atoms with van der Waals surface area (Å²) in [4.78, 5) is 13.8. The van der Waals surface area contributed by atoms with Crippen LogP contribution in [-0.2, 0) is 4.79 Å². The molecule has 1 amide bonds. The third-order valence-electron chi connectivity index (χ3n) is 6.67. The largest absolute Gasteiger partial charge is 0.497 e. The minimum Gasteiger partial charge on any atom is -0.497 e. The molecule has 1 saturated heterocycles. The van der Waals surface area contributed by atoms with Gasteiger partial charge in [-0.3, -0.25) is 4.79 Å². The van der Waals surface area contributed by atoms with Crippen LogP contribution in [0.4, 0.5) is 0 Å². The third-order valence-corrected chi connectivity index (χ3v) is 7.16. The average Bonchev–Trinajstić information content (AvgIpc) is 3.26. The number of piperidine rings is 1. The lowest BCUT2D eigenvalue weighted by Crippen LogP contribution is -2.59. The Hall–Kier alpha value is -2.74. The van der Waals surface area contributed by atoms with E-state index in [9.17, 15) is 4.79 Å². The zero-order valence-corrected chi connectivity index (χ0v) is 20.0. The zero-order valence-electron chi connectivity index (χ0n) is 18.4. The van der Waals surface area contributed by atoms with Crippen molar-refractivity contribution in [3.8, 4) is 17.2 Å². The van der Waals surface area contributed by atoms with E-state index < -0.39 is 5.72 Å². The van der Waals surface area contributed by atoms with Crippen LogP contribution >= 0.6 is 15.9 Å². The lowest BCUT2D eigenvalue weighted by molar-refractivity contribution is -0.158. The molecular formula is C24H26BrN3O4. The molecule has 0 aromatic heterocycles. The molecule has 0 saturated carbocycles. The molecule has 7 nitrogen and oxygen atoms in total. The number of carbonyl (C=O) groups is 1. The smallest absolute Gasteiger partial charge is 0.219 e. The van der Waals surface area contributed by atoms with Crippen molar-refractivity contribution in [1.29, 1.82) is 0 Å². The highest BCUT2D eigenvalue weighted by Crippen LogP contribution is 2.51. The van der Waals surface area contributed by atoms with Crippen molar-refractivity contribution in [3.05, 3.63) is 52.0 Å². The molecule has 3 heterocycles. The Kier molecular flexibility index (Phi) is 5.28. The second kappa shape index (κ2) is 7.99. The SMILES string of the molecule is COc1ccc(C2=NN3[C@@H](C2)c2cc(Br)ccc2OC32CCN(C(C)=O)CC2)c(OC)c1. The molecule has 2 aromatic carbocycles. The number of hydrazone groups is 1. The zero-order chi connectivity index (χ0) is 22.5. The van der Waals surface area contributed by atoms with Crippen molar-refractivity contribution < 1.29 is 19.0 Å². The Balaban J connectivity index is 1.56. The molecule has 3 aliphatic heterocycles. The van der Waals surface area contributed by atoms with Crippen LogP contribution in [0.25, 0.3) is 0 Å². The number of nitrogens with zero attached hydrogens (tertiary/aromatic N) is 3. The number of ether oxygens (including phenoxy) is 3. The van der Waals surface area contributed by atoms with Gasteiger partial charge in [0.1, 0.15) is 17.2 Å². The maximum Gasteiger partial charge on any atom is 0.219 e. The van der Waals surface area contributed by atoms with Crippen LogP contribution in [-0.4, -0.2) is 54.6 Å². The average molecular weight is 500 g/mol. The van der Waals surface area contributed by atoms with E-state index in [-0.39, 0.29) is 11.9 Å². The fourth-order valence-electron chi connectivity index (χ4n) is 4.95. The highest BCUT2D eigenvalue weighted by Gasteiger charge is 2.52. The number of fused-ring (bicyclic) bond motifs is 4. The summed E-state index contributed by atoms with van der Waals surface area (Å²) in [5.41, 5.74) is 2.46. The molecule has 8 heteroatoms. The van der Waals surface area contributed by atoms with Gasteiger partial charge in [0.05, 0.1) is 26.0 Å². The molecular weight excluding hydrogens is 474 g/mol. The molecule has 0 unspecified atom stereocenters. The molecule has 5 rings (SSSR count). The van der Waals surface area contributed by atoms with Crippen LogP contribution in [0.1, 0.15) is 43.4 Å². The van der Waals surface area contributed by atoms with E-state index in [0.717, 1.165) is 45.0 Å². The number of halogens is 1. The van der Waals surface area contributed by atoms with Gasteiger partial charge in [-0.1, -0.05) is 15.9 Å². The maximum atomic E-state index is 11.9. The lowest BCUT2D eigenvalue weighted by Gasteiger charge is -2.51. The van der Waals surface area contributed by atoms with E-state index in [0.29, 0.717) is 25.9 Å². The fraction of sp³-hybridized carbons (Fsp3) is 0.417. The number of amides is 1. The molecule has 168 valence electrons. The van der Waals surface area contributed by atoms with Gasteiger partial charge in [0, 0.05) is 60.9 Å². The molecule has 32 heavy (non-hydrogen) atoms. The van der Waals surface area contributed by atoms with Crippen LogP contribution in [0.15, 0.2) is 46.0 Å². The highest BCUT2D eigenvalue weighted by atomic mass is 79.9. The van der Waals surface area contributed by atoms with Crippen molar-refractivity contribution in [3.63, 3.8) is 0 Å². The van der Waals surface area contributed by atoms with Gasteiger partial charge in [0.2, 0.25) is 11.6 Å². The standard InChI is InChI=1S/C24H26BrN3O4/c1-15(29)27-10-8-24(9-11-27)28-21(19-12-16(25)4-7-22(19)32-24)14-20(26-28)18-6-5-17(30-2)13-23(18)31-3/h4-7,12-13,21H,8-11,14H2,1-3H3/t21-/m0/s1. The second-order valence-corrected chi connectivity index (χ2v) is 9.33. The van der Waals surface area contributed by atoms with E-state index in [1.807, 2.05) is 35.2 Å². The van der Waals surface area contributed by atoms with Gasteiger partial charge < -0.3 is 19.1 Å². The van der Waals surface area contributed by atoms with Gasteiger partial charge in [-0.25, -0.2) is 5.01 Å². The number of benzene rings is 2. The number of carbonyl (C=O) groups excluding carboxylic acids is 1. The number of hydrogen-bond donors (Lipinski definition) is 0. The summed E-state index contributed by atoms with van der Waals surface area (Å²) >= 11 is 3.61. The van der Waals surface area contributed by atoms with Crippen LogP contribution in [0.3, 0.4) is 0 Å². The number of methoxy groups -OCH3 is 2. The first-order chi connectivity index (χ1) is 15.4. The van der Waals surface area contributed by atoms with Crippen LogP contribution in [0.5, 0.6) is 17.2 Å². The Morgan fingerprint density at radius 2 is 1.94 bits per heavy atom. The normalized spacial score (nSPS) is 20.9. The quantitative estimate of drug-likeness (QED) is 0.628. The number of hydrogen-bond acceptors (Lipinski definition) is 6. The minimum absolute atomic E-state index is 0.0573. The van der Waals surface area contributed by atoms with Crippen LogP contribution in [0, 0.1) is 0 Å². The van der Waals surface area contributed by atoms with Gasteiger partial charge in [0.25, 0.3) is 0 Å². The van der Waals surface area contributed by atoms with E-state index in [2.05, 4.69) is 27.0 Å².